The zero-order valence-electron chi connectivity index (χ0n) is 11.1. The molecule has 2 aromatic heterocycles. The first-order valence-corrected chi connectivity index (χ1v) is 6.48. The Morgan fingerprint density at radius 1 is 1.32 bits per heavy atom. The number of nitrogens with one attached hydrogen (secondary N) is 1. The molecule has 3 rings (SSSR count). The van der Waals surface area contributed by atoms with Gasteiger partial charge in [0.1, 0.15) is 5.58 Å². The largest absolute Gasteiger partial charge is 0.464 e. The molecule has 0 saturated carbocycles. The molecule has 3 aromatic rings. The monoisotopic (exact) mass is 255 g/mol. The van der Waals surface area contributed by atoms with Gasteiger partial charge in [0.25, 0.3) is 0 Å². The van der Waals surface area contributed by atoms with Gasteiger partial charge in [0.2, 0.25) is 0 Å². The smallest absolute Gasteiger partial charge is 0.134 e. The van der Waals surface area contributed by atoms with Gasteiger partial charge in [-0.15, -0.1) is 0 Å². The van der Waals surface area contributed by atoms with Crippen LogP contribution in [0.25, 0.3) is 11.0 Å². The third kappa shape index (κ3) is 2.04. The number of hydrogen-bond donors (Lipinski definition) is 1. The molecule has 0 radical (unpaired) electrons. The maximum absolute atomic E-state index is 5.64. The molecule has 0 saturated heterocycles. The number of fused-ring (bicyclic) bond motifs is 1. The third-order valence-electron chi connectivity index (χ3n) is 3.38. The summed E-state index contributed by atoms with van der Waals surface area (Å²) in [6.07, 6.45) is 3.66. The standard InChI is InChI=1S/C15H17N3O/c1-3-16-15(13-8-9-17-18(13)2)12-10-19-14-7-5-4-6-11(12)14/h4-10,15-16H,3H2,1-2H3. The molecule has 1 N–H and O–H groups in total. The second kappa shape index (κ2) is 4.90. The lowest BCUT2D eigenvalue weighted by atomic mass is 10.0. The summed E-state index contributed by atoms with van der Waals surface area (Å²) >= 11 is 0. The second-order valence-electron chi connectivity index (χ2n) is 4.56. The van der Waals surface area contributed by atoms with E-state index in [9.17, 15) is 0 Å². The van der Waals surface area contributed by atoms with Crippen molar-refractivity contribution in [3.8, 4) is 0 Å². The quantitative estimate of drug-likeness (QED) is 0.779. The van der Waals surface area contributed by atoms with Crippen molar-refractivity contribution >= 4 is 11.0 Å². The van der Waals surface area contributed by atoms with Crippen LogP contribution in [-0.2, 0) is 7.05 Å². The van der Waals surface area contributed by atoms with Crippen molar-refractivity contribution in [2.75, 3.05) is 6.54 Å². The number of rotatable bonds is 4. The van der Waals surface area contributed by atoms with Crippen LogP contribution in [0.15, 0.2) is 47.2 Å². The van der Waals surface area contributed by atoms with Crippen LogP contribution in [0, 0.1) is 0 Å². The highest BCUT2D eigenvalue weighted by Crippen LogP contribution is 2.30. The summed E-state index contributed by atoms with van der Waals surface area (Å²) in [7, 11) is 1.96. The molecule has 0 bridgehead atoms. The fourth-order valence-electron chi connectivity index (χ4n) is 2.47. The van der Waals surface area contributed by atoms with Gasteiger partial charge in [-0.25, -0.2) is 0 Å². The first kappa shape index (κ1) is 12.0. The van der Waals surface area contributed by atoms with Gasteiger partial charge in [-0.2, -0.15) is 5.10 Å². The molecule has 98 valence electrons. The molecule has 19 heavy (non-hydrogen) atoms. The Balaban J connectivity index is 2.12. The van der Waals surface area contributed by atoms with Gasteiger partial charge in [0.05, 0.1) is 18.0 Å². The molecule has 2 heterocycles. The molecule has 1 atom stereocenters. The summed E-state index contributed by atoms with van der Waals surface area (Å²) in [6.45, 7) is 2.99. The third-order valence-corrected chi connectivity index (χ3v) is 3.38. The van der Waals surface area contributed by atoms with E-state index in [0.29, 0.717) is 0 Å². The zero-order chi connectivity index (χ0) is 13.2. The Labute approximate surface area is 112 Å². The second-order valence-corrected chi connectivity index (χ2v) is 4.56. The number of benzene rings is 1. The molecular weight excluding hydrogens is 238 g/mol. The summed E-state index contributed by atoms with van der Waals surface area (Å²) in [5, 5.41) is 8.90. The van der Waals surface area contributed by atoms with Crippen molar-refractivity contribution in [3.05, 3.63) is 54.0 Å². The van der Waals surface area contributed by atoms with Gasteiger partial charge in [-0.3, -0.25) is 4.68 Å². The van der Waals surface area contributed by atoms with Gasteiger partial charge in [0, 0.05) is 24.2 Å². The van der Waals surface area contributed by atoms with Crippen LogP contribution in [0.3, 0.4) is 0 Å². The van der Waals surface area contributed by atoms with Crippen LogP contribution in [0.5, 0.6) is 0 Å². The van der Waals surface area contributed by atoms with Crippen LogP contribution in [0.2, 0.25) is 0 Å². The average molecular weight is 255 g/mol. The number of furan rings is 1. The van der Waals surface area contributed by atoms with E-state index in [1.807, 2.05) is 48.5 Å². The van der Waals surface area contributed by atoms with E-state index in [0.717, 1.165) is 28.8 Å². The highest BCUT2D eigenvalue weighted by atomic mass is 16.3. The predicted octanol–water partition coefficient (Wildman–Crippen LogP) is 2.87. The van der Waals surface area contributed by atoms with Crippen LogP contribution in [-0.4, -0.2) is 16.3 Å². The number of hydrogen-bond acceptors (Lipinski definition) is 3. The summed E-state index contributed by atoms with van der Waals surface area (Å²) in [5.74, 6) is 0. The molecule has 4 heteroatoms. The SMILES string of the molecule is CCNC(c1coc2ccccc12)c1ccnn1C. The van der Waals surface area contributed by atoms with Gasteiger partial charge in [-0.05, 0) is 18.7 Å². The molecule has 0 fully saturated rings. The Bertz CT molecular complexity index is 683. The molecule has 0 amide bonds. The summed E-state index contributed by atoms with van der Waals surface area (Å²) in [4.78, 5) is 0. The average Bonchev–Trinajstić information content (AvgIpc) is 3.03. The Morgan fingerprint density at radius 2 is 2.16 bits per heavy atom. The summed E-state index contributed by atoms with van der Waals surface area (Å²) in [6, 6.07) is 10.2. The fraction of sp³-hybridized carbons (Fsp3) is 0.267. The predicted molar refractivity (Wildman–Crippen MR) is 74.9 cm³/mol. The minimum absolute atomic E-state index is 0.0983. The molecule has 0 spiro atoms. The van der Waals surface area contributed by atoms with Gasteiger partial charge >= 0.3 is 0 Å². The summed E-state index contributed by atoms with van der Waals surface area (Å²) < 4.78 is 7.54. The van der Waals surface area contributed by atoms with E-state index in [-0.39, 0.29) is 6.04 Å². The van der Waals surface area contributed by atoms with Crippen LogP contribution in [0.4, 0.5) is 0 Å². The fourth-order valence-corrected chi connectivity index (χ4v) is 2.47. The van der Waals surface area contributed by atoms with Gasteiger partial charge in [-0.1, -0.05) is 25.1 Å². The highest BCUT2D eigenvalue weighted by molar-refractivity contribution is 5.81. The molecule has 1 unspecified atom stereocenters. The van der Waals surface area contributed by atoms with Crippen LogP contribution >= 0.6 is 0 Å². The maximum atomic E-state index is 5.64. The van der Waals surface area contributed by atoms with Crippen LogP contribution in [0.1, 0.15) is 24.2 Å². The Morgan fingerprint density at radius 3 is 2.89 bits per heavy atom. The van der Waals surface area contributed by atoms with E-state index < -0.39 is 0 Å². The van der Waals surface area contributed by atoms with Gasteiger partial charge < -0.3 is 9.73 Å². The van der Waals surface area contributed by atoms with Crippen molar-refractivity contribution in [1.82, 2.24) is 15.1 Å². The number of nitrogens with zero attached hydrogens (tertiary/aromatic N) is 2. The number of aromatic nitrogens is 2. The van der Waals surface area contributed by atoms with Crippen molar-refractivity contribution in [2.24, 2.45) is 7.05 Å². The first-order chi connectivity index (χ1) is 9.31. The van der Waals surface area contributed by atoms with Crippen molar-refractivity contribution in [3.63, 3.8) is 0 Å². The van der Waals surface area contributed by atoms with E-state index in [4.69, 9.17) is 4.42 Å². The molecule has 1 aromatic carbocycles. The van der Waals surface area contributed by atoms with Crippen LogP contribution < -0.4 is 5.32 Å². The molecule has 4 nitrogen and oxygen atoms in total. The van der Waals surface area contributed by atoms with Crippen molar-refractivity contribution in [2.45, 2.75) is 13.0 Å². The van der Waals surface area contributed by atoms with E-state index in [1.54, 1.807) is 0 Å². The van der Waals surface area contributed by atoms with Crippen molar-refractivity contribution < 1.29 is 4.42 Å². The summed E-state index contributed by atoms with van der Waals surface area (Å²) in [5.41, 5.74) is 3.21. The number of aryl methyl sites for hydroxylation is 1. The minimum Gasteiger partial charge on any atom is -0.464 e. The Hall–Kier alpha value is -2.07. The van der Waals surface area contributed by atoms with Gasteiger partial charge in [0.15, 0.2) is 0 Å². The zero-order valence-corrected chi connectivity index (χ0v) is 11.1. The molecule has 0 aliphatic rings. The first-order valence-electron chi connectivity index (χ1n) is 6.48. The number of para-hydroxylation sites is 1. The lowest BCUT2D eigenvalue weighted by molar-refractivity contribution is 0.556. The lowest BCUT2D eigenvalue weighted by Crippen LogP contribution is -2.24. The minimum atomic E-state index is 0.0983. The Kier molecular flexibility index (Phi) is 3.09. The topological polar surface area (TPSA) is 43.0 Å². The molecule has 0 aliphatic heterocycles. The van der Waals surface area contributed by atoms with E-state index >= 15 is 0 Å². The van der Waals surface area contributed by atoms with E-state index in [1.165, 1.54) is 0 Å². The highest BCUT2D eigenvalue weighted by Gasteiger charge is 2.20. The molecule has 0 aliphatic carbocycles. The van der Waals surface area contributed by atoms with Crippen molar-refractivity contribution in [1.29, 1.82) is 0 Å². The maximum Gasteiger partial charge on any atom is 0.134 e. The lowest BCUT2D eigenvalue weighted by Gasteiger charge is -2.17. The normalized spacial score (nSPS) is 12.9. The van der Waals surface area contributed by atoms with E-state index in [2.05, 4.69) is 23.4 Å². The molecular formula is C15H17N3O.